The van der Waals surface area contributed by atoms with Crippen molar-refractivity contribution in [1.82, 2.24) is 0 Å². The Bertz CT molecular complexity index is 1210. The van der Waals surface area contributed by atoms with E-state index >= 15 is 0 Å². The Morgan fingerprint density at radius 1 is 1.13 bits per heavy atom. The monoisotopic (exact) mass is 437 g/mol. The van der Waals surface area contributed by atoms with Gasteiger partial charge < -0.3 is 14.3 Å². The van der Waals surface area contributed by atoms with Crippen LogP contribution in [-0.2, 0) is 9.59 Å². The van der Waals surface area contributed by atoms with Crippen LogP contribution in [0.5, 0.6) is 5.75 Å². The fraction of sp³-hybridized carbons (Fsp3) is 0.167. The van der Waals surface area contributed by atoms with Gasteiger partial charge in [-0.25, -0.2) is 0 Å². The lowest BCUT2D eigenvalue weighted by Gasteiger charge is -2.25. The molecule has 31 heavy (non-hydrogen) atoms. The summed E-state index contributed by atoms with van der Waals surface area (Å²) in [5, 5.41) is 11.5. The van der Waals surface area contributed by atoms with Crippen LogP contribution in [0.2, 0.25) is 5.02 Å². The quantitative estimate of drug-likeness (QED) is 0.345. The second kappa shape index (κ2) is 7.96. The zero-order valence-electron chi connectivity index (χ0n) is 17.2. The lowest BCUT2D eigenvalue weighted by Crippen LogP contribution is -2.30. The van der Waals surface area contributed by atoms with Gasteiger partial charge in [0.2, 0.25) is 0 Å². The summed E-state index contributed by atoms with van der Waals surface area (Å²) in [7, 11) is 1.45. The summed E-state index contributed by atoms with van der Waals surface area (Å²) in [6, 6.07) is 12.7. The van der Waals surface area contributed by atoms with Crippen molar-refractivity contribution in [3.8, 4) is 5.75 Å². The summed E-state index contributed by atoms with van der Waals surface area (Å²) >= 11 is 6.09. The first-order valence-electron chi connectivity index (χ1n) is 9.59. The van der Waals surface area contributed by atoms with Gasteiger partial charge in [0.25, 0.3) is 11.7 Å². The van der Waals surface area contributed by atoms with Gasteiger partial charge >= 0.3 is 0 Å². The second-order valence-corrected chi connectivity index (χ2v) is 7.73. The molecule has 0 aliphatic carbocycles. The number of hydrogen-bond donors (Lipinski definition) is 1. The fourth-order valence-corrected chi connectivity index (χ4v) is 3.93. The molecule has 2 heterocycles. The molecule has 1 aromatic heterocycles. The van der Waals surface area contributed by atoms with E-state index in [-0.39, 0.29) is 11.3 Å². The number of amides is 1. The van der Waals surface area contributed by atoms with Crippen molar-refractivity contribution >= 4 is 34.7 Å². The van der Waals surface area contributed by atoms with E-state index in [1.54, 1.807) is 24.3 Å². The highest BCUT2D eigenvalue weighted by molar-refractivity contribution is 6.51. The summed E-state index contributed by atoms with van der Waals surface area (Å²) in [5.74, 6) is -1.17. The molecule has 1 aliphatic heterocycles. The van der Waals surface area contributed by atoms with E-state index in [1.165, 1.54) is 24.3 Å². The third kappa shape index (κ3) is 3.49. The fourth-order valence-electron chi connectivity index (χ4n) is 3.74. The molecule has 1 atom stereocenters. The smallest absolute Gasteiger partial charge is 0.300 e. The lowest BCUT2D eigenvalue weighted by atomic mass is 9.98. The highest BCUT2D eigenvalue weighted by atomic mass is 35.5. The van der Waals surface area contributed by atoms with E-state index in [4.69, 9.17) is 20.8 Å². The number of ether oxygens (including phenoxy) is 1. The summed E-state index contributed by atoms with van der Waals surface area (Å²) < 4.78 is 10.8. The molecule has 7 heteroatoms. The van der Waals surface area contributed by atoms with Crippen molar-refractivity contribution in [2.45, 2.75) is 19.9 Å². The minimum Gasteiger partial charge on any atom is -0.507 e. The Hall–Kier alpha value is -3.51. The van der Waals surface area contributed by atoms with Crippen LogP contribution in [0.4, 0.5) is 5.69 Å². The number of halogens is 1. The summed E-state index contributed by atoms with van der Waals surface area (Å²) in [6.07, 6.45) is 1.46. The van der Waals surface area contributed by atoms with Crippen molar-refractivity contribution in [2.75, 3.05) is 12.0 Å². The number of carbonyl (C=O) groups is 2. The summed E-state index contributed by atoms with van der Waals surface area (Å²) in [4.78, 5) is 27.6. The molecule has 6 nitrogen and oxygen atoms in total. The number of hydrogen-bond acceptors (Lipinski definition) is 5. The first-order chi connectivity index (χ1) is 14.8. The van der Waals surface area contributed by atoms with Gasteiger partial charge in [-0.1, -0.05) is 23.7 Å². The number of aryl methyl sites for hydroxylation is 2. The van der Waals surface area contributed by atoms with Crippen LogP contribution in [0, 0.1) is 13.8 Å². The van der Waals surface area contributed by atoms with Crippen molar-refractivity contribution in [3.63, 3.8) is 0 Å². The number of nitrogens with zero attached hydrogens (tertiary/aromatic N) is 1. The summed E-state index contributed by atoms with van der Waals surface area (Å²) in [6.45, 7) is 3.76. The van der Waals surface area contributed by atoms with E-state index in [0.717, 1.165) is 11.1 Å². The van der Waals surface area contributed by atoms with Crippen LogP contribution in [0.15, 0.2) is 64.8 Å². The maximum absolute atomic E-state index is 13.1. The molecule has 1 saturated heterocycles. The molecular weight excluding hydrogens is 418 g/mol. The number of ketones is 1. The van der Waals surface area contributed by atoms with Crippen LogP contribution >= 0.6 is 11.6 Å². The van der Waals surface area contributed by atoms with Gasteiger partial charge in [-0.2, -0.15) is 0 Å². The van der Waals surface area contributed by atoms with E-state index < -0.39 is 17.7 Å². The van der Waals surface area contributed by atoms with Gasteiger partial charge in [-0.15, -0.1) is 0 Å². The molecule has 0 saturated carbocycles. The van der Waals surface area contributed by atoms with Gasteiger partial charge in [-0.3, -0.25) is 14.5 Å². The SMILES string of the molecule is COc1cc(/C(O)=C2/C(=O)C(=O)N(c3cc(C)ccc3C)C2c2ccco2)ccc1Cl. The van der Waals surface area contributed by atoms with Crippen LogP contribution in [0.25, 0.3) is 5.76 Å². The molecule has 4 rings (SSSR count). The maximum atomic E-state index is 13.1. The molecule has 0 spiro atoms. The molecule has 1 aliphatic rings. The average Bonchev–Trinajstić information content (AvgIpc) is 3.37. The Labute approximate surface area is 184 Å². The topological polar surface area (TPSA) is 80.0 Å². The van der Waals surface area contributed by atoms with Gasteiger partial charge in [0.05, 0.1) is 24.0 Å². The standard InChI is InChI=1S/C24H20ClNO5/c1-13-6-7-14(2)17(11-13)26-21(18-5-4-10-31-18)20(23(28)24(26)29)22(27)15-8-9-16(25)19(12-15)30-3/h4-12,21,27H,1-3H3/b22-20-. The number of carbonyl (C=O) groups excluding carboxylic acids is 2. The first-order valence-corrected chi connectivity index (χ1v) is 9.97. The molecule has 2 aromatic carbocycles. The zero-order chi connectivity index (χ0) is 22.3. The minimum atomic E-state index is -0.919. The third-order valence-corrected chi connectivity index (χ3v) is 5.62. The molecule has 1 N–H and O–H groups in total. The van der Waals surface area contributed by atoms with Crippen LogP contribution < -0.4 is 9.64 Å². The Morgan fingerprint density at radius 3 is 2.58 bits per heavy atom. The highest BCUT2D eigenvalue weighted by Crippen LogP contribution is 2.43. The Balaban J connectivity index is 1.95. The van der Waals surface area contributed by atoms with E-state index in [1.807, 2.05) is 32.0 Å². The molecule has 1 unspecified atom stereocenters. The molecule has 3 aromatic rings. The number of aliphatic hydroxyl groups is 1. The lowest BCUT2D eigenvalue weighted by molar-refractivity contribution is -0.132. The predicted octanol–water partition coefficient (Wildman–Crippen LogP) is 5.18. The van der Waals surface area contributed by atoms with Crippen molar-refractivity contribution in [3.05, 3.63) is 87.8 Å². The van der Waals surface area contributed by atoms with E-state index in [9.17, 15) is 14.7 Å². The van der Waals surface area contributed by atoms with Crippen molar-refractivity contribution in [2.24, 2.45) is 0 Å². The normalized spacial score (nSPS) is 17.9. The number of aliphatic hydroxyl groups excluding tert-OH is 1. The molecule has 1 amide bonds. The molecule has 1 fully saturated rings. The van der Waals surface area contributed by atoms with Crippen LogP contribution in [0.3, 0.4) is 0 Å². The van der Waals surface area contributed by atoms with Gasteiger partial charge in [0.15, 0.2) is 0 Å². The van der Waals surface area contributed by atoms with E-state index in [2.05, 4.69) is 0 Å². The van der Waals surface area contributed by atoms with Crippen LogP contribution in [-0.4, -0.2) is 23.9 Å². The average molecular weight is 438 g/mol. The highest BCUT2D eigenvalue weighted by Gasteiger charge is 2.48. The number of benzene rings is 2. The summed E-state index contributed by atoms with van der Waals surface area (Å²) in [5.41, 5.74) is 2.57. The first kappa shape index (κ1) is 20.8. The van der Waals surface area contributed by atoms with Crippen molar-refractivity contribution < 1.29 is 23.8 Å². The predicted molar refractivity (Wildman–Crippen MR) is 117 cm³/mol. The van der Waals surface area contributed by atoms with E-state index in [0.29, 0.717) is 27.8 Å². The third-order valence-electron chi connectivity index (χ3n) is 5.31. The number of furan rings is 1. The zero-order valence-corrected chi connectivity index (χ0v) is 17.9. The Morgan fingerprint density at radius 2 is 1.90 bits per heavy atom. The minimum absolute atomic E-state index is 0.0646. The van der Waals surface area contributed by atoms with Crippen molar-refractivity contribution in [1.29, 1.82) is 0 Å². The maximum Gasteiger partial charge on any atom is 0.300 e. The van der Waals surface area contributed by atoms with Gasteiger partial charge in [0, 0.05) is 11.3 Å². The Kier molecular flexibility index (Phi) is 5.33. The number of rotatable bonds is 4. The number of Topliss-reactive ketones (excluding diaryl/α,β-unsaturated/α-hetero) is 1. The molecular formula is C24H20ClNO5. The molecule has 0 radical (unpaired) electrons. The second-order valence-electron chi connectivity index (χ2n) is 7.32. The number of anilines is 1. The van der Waals surface area contributed by atoms with Crippen LogP contribution in [0.1, 0.15) is 28.5 Å². The molecule has 0 bridgehead atoms. The largest absolute Gasteiger partial charge is 0.507 e. The molecule has 158 valence electrons. The van der Waals surface area contributed by atoms with Gasteiger partial charge in [0.1, 0.15) is 23.3 Å². The van der Waals surface area contributed by atoms with Gasteiger partial charge in [-0.05, 0) is 61.4 Å². The number of methoxy groups -OCH3 is 1.